The van der Waals surface area contributed by atoms with Gasteiger partial charge in [-0.3, -0.25) is 0 Å². The van der Waals surface area contributed by atoms with Crippen LogP contribution in [0, 0.1) is 5.92 Å². The maximum absolute atomic E-state index is 5.98. The molecule has 0 aliphatic rings. The molecule has 2 heteroatoms. The molecule has 0 saturated carbocycles. The van der Waals surface area contributed by atoms with Crippen molar-refractivity contribution >= 4 is 0 Å². The Kier molecular flexibility index (Phi) is 6.35. The molecule has 0 aliphatic carbocycles. The molecule has 0 aliphatic heterocycles. The van der Waals surface area contributed by atoms with Crippen molar-refractivity contribution in [1.29, 1.82) is 0 Å². The first-order chi connectivity index (χ1) is 5.99. The van der Waals surface area contributed by atoms with Crippen LogP contribution >= 0.6 is 0 Å². The summed E-state index contributed by atoms with van der Waals surface area (Å²) in [6, 6.07) is 0.820. The Hall–Kier alpha value is -0.0800. The summed E-state index contributed by atoms with van der Waals surface area (Å²) >= 11 is 0. The van der Waals surface area contributed by atoms with E-state index in [1.54, 1.807) is 0 Å². The maximum atomic E-state index is 5.98. The lowest BCUT2D eigenvalue weighted by Crippen LogP contribution is -2.44. The van der Waals surface area contributed by atoms with Crippen LogP contribution in [-0.2, 0) is 0 Å². The Bertz CT molecular complexity index is 123. The van der Waals surface area contributed by atoms with Gasteiger partial charge in [0.2, 0.25) is 0 Å². The van der Waals surface area contributed by atoms with Gasteiger partial charge in [0.15, 0.2) is 0 Å². The van der Waals surface area contributed by atoms with Gasteiger partial charge in [-0.1, -0.05) is 20.8 Å². The Morgan fingerprint density at radius 2 is 1.77 bits per heavy atom. The van der Waals surface area contributed by atoms with Crippen molar-refractivity contribution in [2.75, 3.05) is 13.6 Å². The number of hydrogen-bond donors (Lipinski definition) is 1. The molecule has 2 N–H and O–H groups in total. The van der Waals surface area contributed by atoms with E-state index in [2.05, 4.69) is 39.6 Å². The number of rotatable bonds is 6. The fourth-order valence-electron chi connectivity index (χ4n) is 1.33. The van der Waals surface area contributed by atoms with Crippen molar-refractivity contribution in [2.45, 2.75) is 52.6 Å². The van der Waals surface area contributed by atoms with E-state index in [4.69, 9.17) is 5.73 Å². The molecule has 0 saturated heterocycles. The van der Waals surface area contributed by atoms with Crippen LogP contribution in [0.3, 0.4) is 0 Å². The van der Waals surface area contributed by atoms with E-state index in [-0.39, 0.29) is 0 Å². The van der Waals surface area contributed by atoms with Crippen molar-refractivity contribution in [3.63, 3.8) is 0 Å². The number of likely N-dealkylation sites (N-methyl/N-ethyl adjacent to an activating group) is 1. The van der Waals surface area contributed by atoms with Gasteiger partial charge in [0.25, 0.3) is 0 Å². The van der Waals surface area contributed by atoms with Crippen LogP contribution < -0.4 is 5.73 Å². The molecule has 2 unspecified atom stereocenters. The second kappa shape index (κ2) is 6.39. The molecule has 0 heterocycles. The second-order valence-corrected chi connectivity index (χ2v) is 4.48. The zero-order valence-electron chi connectivity index (χ0n) is 9.88. The fourth-order valence-corrected chi connectivity index (χ4v) is 1.33. The monoisotopic (exact) mass is 186 g/mol. The molecule has 0 bridgehead atoms. The Balaban J connectivity index is 3.74. The zero-order valence-corrected chi connectivity index (χ0v) is 9.88. The molecule has 0 aromatic heterocycles. The lowest BCUT2D eigenvalue weighted by atomic mass is 10.1. The highest BCUT2D eigenvalue weighted by Crippen LogP contribution is 2.07. The second-order valence-electron chi connectivity index (χ2n) is 4.48. The SMILES string of the molecule is CCC(N)C(C)N(C)CCC(C)C. The summed E-state index contributed by atoms with van der Waals surface area (Å²) in [5, 5.41) is 0. The third-order valence-corrected chi connectivity index (χ3v) is 2.85. The summed E-state index contributed by atoms with van der Waals surface area (Å²) in [7, 11) is 2.17. The van der Waals surface area contributed by atoms with Crippen LogP contribution in [0.25, 0.3) is 0 Å². The summed E-state index contributed by atoms with van der Waals surface area (Å²) < 4.78 is 0. The van der Waals surface area contributed by atoms with E-state index in [9.17, 15) is 0 Å². The van der Waals surface area contributed by atoms with Crippen LogP contribution in [-0.4, -0.2) is 30.6 Å². The van der Waals surface area contributed by atoms with Crippen molar-refractivity contribution in [3.05, 3.63) is 0 Å². The van der Waals surface area contributed by atoms with Crippen molar-refractivity contribution in [1.82, 2.24) is 4.90 Å². The highest BCUT2D eigenvalue weighted by atomic mass is 15.1. The number of nitrogens with zero attached hydrogens (tertiary/aromatic N) is 1. The summed E-state index contributed by atoms with van der Waals surface area (Å²) in [6.07, 6.45) is 2.32. The number of hydrogen-bond acceptors (Lipinski definition) is 2. The Morgan fingerprint density at radius 3 is 2.15 bits per heavy atom. The van der Waals surface area contributed by atoms with E-state index in [1.807, 2.05) is 0 Å². The molecule has 2 nitrogen and oxygen atoms in total. The molecule has 80 valence electrons. The molecule has 0 amide bonds. The number of nitrogens with two attached hydrogens (primary N) is 1. The zero-order chi connectivity index (χ0) is 10.4. The Morgan fingerprint density at radius 1 is 1.23 bits per heavy atom. The summed E-state index contributed by atoms with van der Waals surface area (Å²) in [5.74, 6) is 0.785. The molecule has 0 aromatic rings. The molecule has 0 fully saturated rings. The molecule has 0 aromatic carbocycles. The van der Waals surface area contributed by atoms with Gasteiger partial charge in [-0.25, -0.2) is 0 Å². The van der Waals surface area contributed by atoms with Crippen LogP contribution in [0.1, 0.15) is 40.5 Å². The highest BCUT2D eigenvalue weighted by Gasteiger charge is 2.15. The quantitative estimate of drug-likeness (QED) is 0.688. The lowest BCUT2D eigenvalue weighted by molar-refractivity contribution is 0.212. The lowest BCUT2D eigenvalue weighted by Gasteiger charge is -2.29. The third kappa shape index (κ3) is 5.27. The molecule has 13 heavy (non-hydrogen) atoms. The van der Waals surface area contributed by atoms with Gasteiger partial charge in [-0.2, -0.15) is 0 Å². The predicted octanol–water partition coefficient (Wildman–Crippen LogP) is 2.09. The van der Waals surface area contributed by atoms with Gasteiger partial charge in [-0.05, 0) is 39.3 Å². The van der Waals surface area contributed by atoms with E-state index in [1.165, 1.54) is 6.42 Å². The van der Waals surface area contributed by atoms with E-state index in [0.29, 0.717) is 12.1 Å². The highest BCUT2D eigenvalue weighted by molar-refractivity contribution is 4.75. The molecular formula is C11H26N2. The van der Waals surface area contributed by atoms with Gasteiger partial charge < -0.3 is 10.6 Å². The summed E-state index contributed by atoms with van der Waals surface area (Å²) in [4.78, 5) is 2.37. The van der Waals surface area contributed by atoms with Crippen LogP contribution in [0.15, 0.2) is 0 Å². The fraction of sp³-hybridized carbons (Fsp3) is 1.00. The van der Waals surface area contributed by atoms with E-state index >= 15 is 0 Å². The summed E-state index contributed by atoms with van der Waals surface area (Å²) in [5.41, 5.74) is 5.98. The minimum Gasteiger partial charge on any atom is -0.326 e. The van der Waals surface area contributed by atoms with Crippen LogP contribution in [0.4, 0.5) is 0 Å². The normalized spacial score (nSPS) is 16.6. The summed E-state index contributed by atoms with van der Waals surface area (Å²) in [6.45, 7) is 10.1. The maximum Gasteiger partial charge on any atom is 0.0215 e. The van der Waals surface area contributed by atoms with Gasteiger partial charge in [0.05, 0.1) is 0 Å². The first kappa shape index (κ1) is 12.9. The minimum absolute atomic E-state index is 0.317. The first-order valence-electron chi connectivity index (χ1n) is 5.44. The largest absolute Gasteiger partial charge is 0.326 e. The predicted molar refractivity (Wildman–Crippen MR) is 59.8 cm³/mol. The third-order valence-electron chi connectivity index (χ3n) is 2.85. The molecular weight excluding hydrogens is 160 g/mol. The van der Waals surface area contributed by atoms with Gasteiger partial charge in [0.1, 0.15) is 0 Å². The van der Waals surface area contributed by atoms with Gasteiger partial charge in [-0.15, -0.1) is 0 Å². The topological polar surface area (TPSA) is 29.3 Å². The van der Waals surface area contributed by atoms with E-state index in [0.717, 1.165) is 18.9 Å². The minimum atomic E-state index is 0.317. The average Bonchev–Trinajstić information content (AvgIpc) is 2.11. The molecule has 0 rings (SSSR count). The molecule has 0 radical (unpaired) electrons. The van der Waals surface area contributed by atoms with Crippen LogP contribution in [0.2, 0.25) is 0 Å². The smallest absolute Gasteiger partial charge is 0.0215 e. The first-order valence-corrected chi connectivity index (χ1v) is 5.44. The van der Waals surface area contributed by atoms with Gasteiger partial charge >= 0.3 is 0 Å². The Labute approximate surface area is 83.5 Å². The van der Waals surface area contributed by atoms with Crippen molar-refractivity contribution < 1.29 is 0 Å². The van der Waals surface area contributed by atoms with E-state index < -0.39 is 0 Å². The standard InChI is InChI=1S/C11H26N2/c1-6-11(12)10(4)13(5)8-7-9(2)3/h9-11H,6-8,12H2,1-5H3. The van der Waals surface area contributed by atoms with Crippen molar-refractivity contribution in [2.24, 2.45) is 11.7 Å². The van der Waals surface area contributed by atoms with Gasteiger partial charge in [0, 0.05) is 12.1 Å². The molecule has 0 spiro atoms. The average molecular weight is 186 g/mol. The molecule has 2 atom stereocenters. The van der Waals surface area contributed by atoms with Crippen molar-refractivity contribution in [3.8, 4) is 0 Å². The van der Waals surface area contributed by atoms with Crippen LogP contribution in [0.5, 0.6) is 0 Å².